The van der Waals surface area contributed by atoms with Crippen molar-refractivity contribution in [3.05, 3.63) is 35.6 Å². The summed E-state index contributed by atoms with van der Waals surface area (Å²) >= 11 is 0. The van der Waals surface area contributed by atoms with Crippen LogP contribution < -0.4 is 10.0 Å². The SMILES string of the molecule is CCCCc1oc2ccccc2c1CNCCNS(C)(=O)=O. The van der Waals surface area contributed by atoms with Crippen LogP contribution in [0.5, 0.6) is 0 Å². The van der Waals surface area contributed by atoms with Gasteiger partial charge >= 0.3 is 0 Å². The smallest absolute Gasteiger partial charge is 0.208 e. The van der Waals surface area contributed by atoms with Crippen LogP contribution in [0.2, 0.25) is 0 Å². The summed E-state index contributed by atoms with van der Waals surface area (Å²) in [6.45, 7) is 3.82. The zero-order valence-corrected chi connectivity index (χ0v) is 14.0. The van der Waals surface area contributed by atoms with Gasteiger partial charge in [-0.25, -0.2) is 13.1 Å². The van der Waals surface area contributed by atoms with Crippen molar-refractivity contribution in [2.45, 2.75) is 32.7 Å². The van der Waals surface area contributed by atoms with E-state index in [2.05, 4.69) is 23.0 Å². The summed E-state index contributed by atoms with van der Waals surface area (Å²) in [6, 6.07) is 8.04. The number of benzene rings is 1. The van der Waals surface area contributed by atoms with Crippen molar-refractivity contribution in [1.82, 2.24) is 10.0 Å². The molecule has 1 aromatic carbocycles. The second-order valence-electron chi connectivity index (χ2n) is 5.45. The van der Waals surface area contributed by atoms with E-state index in [0.29, 0.717) is 19.6 Å². The Kier molecular flexibility index (Phi) is 5.99. The highest BCUT2D eigenvalue weighted by Gasteiger charge is 2.13. The van der Waals surface area contributed by atoms with Gasteiger partial charge in [-0.3, -0.25) is 0 Å². The average molecular weight is 324 g/mol. The van der Waals surface area contributed by atoms with Gasteiger partial charge in [-0.15, -0.1) is 0 Å². The molecule has 22 heavy (non-hydrogen) atoms. The number of hydrogen-bond donors (Lipinski definition) is 2. The van der Waals surface area contributed by atoms with Crippen molar-refractivity contribution >= 4 is 21.0 Å². The molecule has 0 bridgehead atoms. The topological polar surface area (TPSA) is 71.3 Å². The second kappa shape index (κ2) is 7.76. The standard InChI is InChI=1S/C16H24N2O3S/c1-3-4-8-16-14(12-17-10-11-18-22(2,19)20)13-7-5-6-9-15(13)21-16/h5-7,9,17-18H,3-4,8,10-12H2,1-2H3. The number of fused-ring (bicyclic) bond motifs is 1. The van der Waals surface area contributed by atoms with Crippen molar-refractivity contribution in [2.24, 2.45) is 0 Å². The first-order valence-corrected chi connectivity index (χ1v) is 9.55. The highest BCUT2D eigenvalue weighted by molar-refractivity contribution is 7.88. The predicted octanol–water partition coefficient (Wildman–Crippen LogP) is 2.41. The van der Waals surface area contributed by atoms with Crippen LogP contribution in [0.1, 0.15) is 31.1 Å². The molecule has 0 atom stereocenters. The van der Waals surface area contributed by atoms with E-state index in [1.807, 2.05) is 18.2 Å². The second-order valence-corrected chi connectivity index (χ2v) is 7.28. The Bertz CT molecular complexity index is 707. The van der Waals surface area contributed by atoms with Crippen molar-refractivity contribution in [3.8, 4) is 0 Å². The largest absolute Gasteiger partial charge is 0.461 e. The van der Waals surface area contributed by atoms with Crippen LogP contribution in [0.3, 0.4) is 0 Å². The Morgan fingerprint density at radius 3 is 2.68 bits per heavy atom. The number of sulfonamides is 1. The minimum absolute atomic E-state index is 0.388. The first-order valence-electron chi connectivity index (χ1n) is 7.66. The van der Waals surface area contributed by atoms with E-state index >= 15 is 0 Å². The molecule has 0 saturated heterocycles. The maximum absolute atomic E-state index is 11.0. The molecule has 0 spiro atoms. The molecule has 2 N–H and O–H groups in total. The van der Waals surface area contributed by atoms with Gasteiger partial charge in [-0.1, -0.05) is 31.5 Å². The third-order valence-corrected chi connectivity index (χ3v) is 4.24. The molecule has 0 fully saturated rings. The van der Waals surface area contributed by atoms with Gasteiger partial charge in [0.05, 0.1) is 6.26 Å². The van der Waals surface area contributed by atoms with E-state index in [1.54, 1.807) is 0 Å². The summed E-state index contributed by atoms with van der Waals surface area (Å²) in [6.07, 6.45) is 4.33. The third-order valence-electron chi connectivity index (χ3n) is 3.51. The maximum atomic E-state index is 11.0. The van der Waals surface area contributed by atoms with Gasteiger partial charge in [0.15, 0.2) is 0 Å². The lowest BCUT2D eigenvalue weighted by Crippen LogP contribution is -2.30. The summed E-state index contributed by atoms with van der Waals surface area (Å²) in [7, 11) is -3.12. The number of rotatable bonds is 9. The van der Waals surface area contributed by atoms with Crippen LogP contribution >= 0.6 is 0 Å². The molecule has 0 amide bonds. The monoisotopic (exact) mass is 324 g/mol. The zero-order valence-electron chi connectivity index (χ0n) is 13.2. The average Bonchev–Trinajstić information content (AvgIpc) is 2.81. The van der Waals surface area contributed by atoms with Gasteiger partial charge in [-0.05, 0) is 12.5 Å². The maximum Gasteiger partial charge on any atom is 0.208 e. The first-order chi connectivity index (χ1) is 10.5. The lowest BCUT2D eigenvalue weighted by atomic mass is 10.1. The fourth-order valence-electron chi connectivity index (χ4n) is 2.42. The molecule has 0 aliphatic heterocycles. The molecule has 6 heteroatoms. The Morgan fingerprint density at radius 2 is 1.95 bits per heavy atom. The first kappa shape index (κ1) is 17.0. The number of unbranched alkanes of at least 4 members (excludes halogenated alkanes) is 1. The van der Waals surface area contributed by atoms with E-state index in [9.17, 15) is 8.42 Å². The van der Waals surface area contributed by atoms with E-state index in [1.165, 1.54) is 11.8 Å². The molecule has 1 heterocycles. The van der Waals surface area contributed by atoms with E-state index in [-0.39, 0.29) is 0 Å². The van der Waals surface area contributed by atoms with Crippen LogP contribution in [0.25, 0.3) is 11.0 Å². The summed E-state index contributed by atoms with van der Waals surface area (Å²) in [5.74, 6) is 1.03. The van der Waals surface area contributed by atoms with E-state index in [0.717, 1.165) is 36.0 Å². The Balaban J connectivity index is 2.01. The number of hydrogen-bond acceptors (Lipinski definition) is 4. The molecule has 1 aromatic heterocycles. The number of nitrogens with one attached hydrogen (secondary N) is 2. The normalized spacial score (nSPS) is 12.1. The number of aryl methyl sites for hydroxylation is 1. The quantitative estimate of drug-likeness (QED) is 0.695. The minimum Gasteiger partial charge on any atom is -0.461 e. The van der Waals surface area contributed by atoms with Crippen molar-refractivity contribution in [2.75, 3.05) is 19.3 Å². The highest BCUT2D eigenvalue weighted by Crippen LogP contribution is 2.27. The molecule has 0 aliphatic carbocycles. The summed E-state index contributed by atoms with van der Waals surface area (Å²) in [5.41, 5.74) is 2.10. The molecular formula is C16H24N2O3S. The number of para-hydroxylation sites is 1. The van der Waals surface area contributed by atoms with Gasteiger partial charge in [-0.2, -0.15) is 0 Å². The van der Waals surface area contributed by atoms with Crippen LogP contribution in [0.4, 0.5) is 0 Å². The summed E-state index contributed by atoms with van der Waals surface area (Å²) in [5, 5.41) is 4.42. The van der Waals surface area contributed by atoms with Crippen molar-refractivity contribution in [1.29, 1.82) is 0 Å². The van der Waals surface area contributed by atoms with Crippen molar-refractivity contribution in [3.63, 3.8) is 0 Å². The fourth-order valence-corrected chi connectivity index (χ4v) is 2.89. The van der Waals surface area contributed by atoms with Gasteiger partial charge in [0.25, 0.3) is 0 Å². The van der Waals surface area contributed by atoms with E-state index < -0.39 is 10.0 Å². The molecule has 2 aromatic rings. The Labute approximate surface area is 132 Å². The van der Waals surface area contributed by atoms with Gasteiger partial charge in [0.1, 0.15) is 11.3 Å². The Hall–Kier alpha value is -1.37. The fraction of sp³-hybridized carbons (Fsp3) is 0.500. The highest BCUT2D eigenvalue weighted by atomic mass is 32.2. The third kappa shape index (κ3) is 4.83. The molecule has 2 rings (SSSR count). The molecule has 0 aliphatic rings. The molecule has 122 valence electrons. The molecule has 0 unspecified atom stereocenters. The molecule has 5 nitrogen and oxygen atoms in total. The van der Waals surface area contributed by atoms with Crippen molar-refractivity contribution < 1.29 is 12.8 Å². The van der Waals surface area contributed by atoms with Gasteiger partial charge < -0.3 is 9.73 Å². The molecular weight excluding hydrogens is 300 g/mol. The number of furan rings is 1. The lowest BCUT2D eigenvalue weighted by molar-refractivity contribution is 0.524. The Morgan fingerprint density at radius 1 is 1.18 bits per heavy atom. The summed E-state index contributed by atoms with van der Waals surface area (Å²) < 4.78 is 30.5. The summed E-state index contributed by atoms with van der Waals surface area (Å²) in [4.78, 5) is 0. The van der Waals surface area contributed by atoms with Gasteiger partial charge in [0, 0.05) is 37.0 Å². The predicted molar refractivity (Wildman–Crippen MR) is 89.4 cm³/mol. The van der Waals surface area contributed by atoms with Crippen LogP contribution in [-0.2, 0) is 23.0 Å². The molecule has 0 saturated carbocycles. The molecule has 0 radical (unpaired) electrons. The van der Waals surface area contributed by atoms with Crippen LogP contribution in [0, 0.1) is 0 Å². The van der Waals surface area contributed by atoms with Gasteiger partial charge in [0.2, 0.25) is 10.0 Å². The van der Waals surface area contributed by atoms with Crippen LogP contribution in [-0.4, -0.2) is 27.8 Å². The van der Waals surface area contributed by atoms with E-state index in [4.69, 9.17) is 4.42 Å². The minimum atomic E-state index is -3.12. The van der Waals surface area contributed by atoms with Crippen LogP contribution in [0.15, 0.2) is 28.7 Å². The zero-order chi connectivity index (χ0) is 16.0. The lowest BCUT2D eigenvalue weighted by Gasteiger charge is -2.06.